The van der Waals surface area contributed by atoms with Gasteiger partial charge in [0.05, 0.1) is 11.4 Å². The summed E-state index contributed by atoms with van der Waals surface area (Å²) >= 11 is 0. The van der Waals surface area contributed by atoms with Crippen molar-refractivity contribution < 1.29 is 14.4 Å². The minimum atomic E-state index is -3.13. The number of nitrogens with two attached hydrogens (primary N) is 1. The second kappa shape index (κ2) is 6.25. The monoisotopic (exact) mass is 254 g/mol. The number of nitrogens with one attached hydrogen (secondary N) is 1. The molecule has 2 aromatic carbocycles. The molecule has 0 atom stereocenters. The van der Waals surface area contributed by atoms with Crippen LogP contribution in [0.2, 0.25) is 0 Å². The summed E-state index contributed by atoms with van der Waals surface area (Å²) in [5, 5.41) is 5.49. The lowest BCUT2D eigenvalue weighted by atomic mass is 10.1. The molecule has 0 saturated carbocycles. The van der Waals surface area contributed by atoms with Gasteiger partial charge in [-0.2, -0.15) is 0 Å². The lowest BCUT2D eigenvalue weighted by molar-refractivity contribution is 0.405. The van der Waals surface area contributed by atoms with Gasteiger partial charge in [-0.3, -0.25) is 4.57 Å². The molecule has 0 unspecified atom stereocenters. The second-order valence-corrected chi connectivity index (χ2v) is 3.85. The van der Waals surface area contributed by atoms with Crippen LogP contribution in [0.3, 0.4) is 0 Å². The summed E-state index contributed by atoms with van der Waals surface area (Å²) in [4.78, 5) is 14.3. The van der Waals surface area contributed by atoms with Crippen LogP contribution in [0.15, 0.2) is 36.4 Å². The topological polar surface area (TPSA) is 95.6 Å². The first-order valence-corrected chi connectivity index (χ1v) is 6.23. The van der Waals surface area contributed by atoms with Gasteiger partial charge in [0.2, 0.25) is 0 Å². The number of anilines is 2. The average molecular weight is 254 g/mol. The van der Waals surface area contributed by atoms with Gasteiger partial charge in [-0.05, 0) is 11.5 Å². The van der Waals surface area contributed by atoms with E-state index in [1.165, 1.54) is 10.8 Å². The van der Waals surface area contributed by atoms with E-state index in [0.717, 1.165) is 11.4 Å². The van der Waals surface area contributed by atoms with E-state index in [1.807, 2.05) is 31.3 Å². The molecule has 5 nitrogen and oxygen atoms in total. The third kappa shape index (κ3) is 3.75. The van der Waals surface area contributed by atoms with Gasteiger partial charge in [-0.15, -0.1) is 0 Å². The van der Waals surface area contributed by atoms with Crippen molar-refractivity contribution in [3.8, 4) is 0 Å². The second-order valence-electron chi connectivity index (χ2n) is 3.28. The lowest BCUT2D eigenvalue weighted by Crippen LogP contribution is -1.96. The zero-order valence-corrected chi connectivity index (χ0v) is 10.3. The molecule has 0 saturated heterocycles. The van der Waals surface area contributed by atoms with Gasteiger partial charge >= 0.3 is 8.25 Å². The number of hydrogen-bond acceptors (Lipinski definition) is 3. The van der Waals surface area contributed by atoms with Crippen LogP contribution in [0, 0.1) is 0 Å². The highest BCUT2D eigenvalue weighted by atomic mass is 31.1. The Hall–Kier alpha value is -1.55. The Morgan fingerprint density at radius 2 is 1.76 bits per heavy atom. The van der Waals surface area contributed by atoms with E-state index in [4.69, 9.17) is 20.1 Å². The summed E-state index contributed by atoms with van der Waals surface area (Å²) in [6.07, 6.45) is 0. The van der Waals surface area contributed by atoms with E-state index in [2.05, 4.69) is 17.4 Å². The molecule has 92 valence electrons. The third-order valence-corrected chi connectivity index (χ3v) is 2.21. The molecule has 17 heavy (non-hydrogen) atoms. The highest BCUT2D eigenvalue weighted by molar-refractivity contribution is 7.30. The van der Waals surface area contributed by atoms with E-state index in [9.17, 15) is 0 Å². The summed E-state index contributed by atoms with van der Waals surface area (Å²) in [6.45, 7) is 0. The molecule has 0 aliphatic carbocycles. The Labute approximate surface area is 99.8 Å². The first-order chi connectivity index (χ1) is 8.06. The molecule has 0 spiro atoms. The standard InChI is InChI=1S/C11H12N2.H3O3P/c1-13-11-9-5-3-2-4-8(9)6-7-10(11)12;1-4(2)3/h2-7,13H,12H2,1H3;4H,(H2,1,2,3). The van der Waals surface area contributed by atoms with Gasteiger partial charge in [-0.25, -0.2) is 0 Å². The number of nitrogen functional groups attached to an aromatic ring is 1. The maximum Gasteiger partial charge on any atom is 0.314 e. The quantitative estimate of drug-likeness (QED) is 0.460. The van der Waals surface area contributed by atoms with Crippen molar-refractivity contribution in [3.05, 3.63) is 36.4 Å². The Balaban J connectivity index is 0.000000317. The van der Waals surface area contributed by atoms with Crippen molar-refractivity contribution in [1.82, 2.24) is 0 Å². The number of benzene rings is 2. The summed E-state index contributed by atoms with van der Waals surface area (Å²) in [5.41, 5.74) is 7.64. The predicted molar refractivity (Wildman–Crippen MR) is 71.3 cm³/mol. The predicted octanol–water partition coefficient (Wildman–Crippen LogP) is 1.82. The van der Waals surface area contributed by atoms with Gasteiger partial charge in [0, 0.05) is 12.4 Å². The van der Waals surface area contributed by atoms with E-state index >= 15 is 0 Å². The highest BCUT2D eigenvalue weighted by Gasteiger charge is 2.01. The lowest BCUT2D eigenvalue weighted by Gasteiger charge is -2.08. The van der Waals surface area contributed by atoms with E-state index in [-0.39, 0.29) is 0 Å². The average Bonchev–Trinajstić information content (AvgIpc) is 2.28. The van der Waals surface area contributed by atoms with E-state index in [1.54, 1.807) is 0 Å². The molecule has 0 amide bonds. The fourth-order valence-electron chi connectivity index (χ4n) is 1.57. The van der Waals surface area contributed by atoms with E-state index in [0.29, 0.717) is 0 Å². The Kier molecular flexibility index (Phi) is 4.97. The largest absolute Gasteiger partial charge is 0.397 e. The molecular formula is C11H15N2O3P. The summed E-state index contributed by atoms with van der Waals surface area (Å²) in [6, 6.07) is 12.1. The normalized spacial score (nSPS) is 9.88. The maximum atomic E-state index is 8.74. The molecule has 0 heterocycles. The van der Waals surface area contributed by atoms with Crippen molar-refractivity contribution in [2.24, 2.45) is 0 Å². The first kappa shape index (κ1) is 13.5. The van der Waals surface area contributed by atoms with Crippen molar-refractivity contribution in [2.45, 2.75) is 0 Å². The van der Waals surface area contributed by atoms with Crippen LogP contribution in [0.25, 0.3) is 10.8 Å². The fourth-order valence-corrected chi connectivity index (χ4v) is 1.57. The minimum absolute atomic E-state index is 0.793. The van der Waals surface area contributed by atoms with Crippen LogP contribution < -0.4 is 11.1 Å². The Morgan fingerprint density at radius 1 is 1.18 bits per heavy atom. The number of hydrogen-bond donors (Lipinski definition) is 4. The molecule has 0 radical (unpaired) electrons. The molecule has 2 rings (SSSR count). The van der Waals surface area contributed by atoms with Crippen LogP contribution in [0.4, 0.5) is 11.4 Å². The maximum absolute atomic E-state index is 8.74. The Morgan fingerprint density at radius 3 is 2.35 bits per heavy atom. The number of rotatable bonds is 1. The van der Waals surface area contributed by atoms with Crippen molar-refractivity contribution in [1.29, 1.82) is 0 Å². The Bertz CT molecular complexity index is 527. The van der Waals surface area contributed by atoms with Gasteiger partial charge in [0.25, 0.3) is 0 Å². The molecule has 0 bridgehead atoms. The van der Waals surface area contributed by atoms with Crippen LogP contribution in [-0.4, -0.2) is 16.8 Å². The van der Waals surface area contributed by atoms with Gasteiger partial charge in [-0.1, -0.05) is 30.3 Å². The molecule has 5 N–H and O–H groups in total. The molecule has 0 aromatic heterocycles. The fraction of sp³-hybridized carbons (Fsp3) is 0.0909. The third-order valence-electron chi connectivity index (χ3n) is 2.21. The van der Waals surface area contributed by atoms with Crippen molar-refractivity contribution in [2.75, 3.05) is 18.1 Å². The summed E-state index contributed by atoms with van der Waals surface area (Å²) < 4.78 is 8.74. The zero-order chi connectivity index (χ0) is 12.8. The van der Waals surface area contributed by atoms with Gasteiger partial charge in [0.1, 0.15) is 0 Å². The van der Waals surface area contributed by atoms with Crippen LogP contribution >= 0.6 is 8.25 Å². The summed E-state index contributed by atoms with van der Waals surface area (Å²) in [7, 11) is -1.24. The minimum Gasteiger partial charge on any atom is -0.397 e. The molecule has 0 fully saturated rings. The van der Waals surface area contributed by atoms with E-state index < -0.39 is 8.25 Å². The highest BCUT2D eigenvalue weighted by Crippen LogP contribution is 2.28. The number of fused-ring (bicyclic) bond motifs is 1. The molecular weight excluding hydrogens is 239 g/mol. The molecule has 2 aromatic rings. The van der Waals surface area contributed by atoms with Gasteiger partial charge in [0.15, 0.2) is 0 Å². The summed E-state index contributed by atoms with van der Waals surface area (Å²) in [5.74, 6) is 0. The first-order valence-electron chi connectivity index (χ1n) is 4.93. The molecule has 0 aliphatic rings. The smallest absolute Gasteiger partial charge is 0.314 e. The van der Waals surface area contributed by atoms with Crippen LogP contribution in [0.5, 0.6) is 0 Å². The zero-order valence-electron chi connectivity index (χ0n) is 9.34. The van der Waals surface area contributed by atoms with Crippen LogP contribution in [-0.2, 0) is 4.57 Å². The molecule has 0 aliphatic heterocycles. The van der Waals surface area contributed by atoms with Crippen molar-refractivity contribution >= 4 is 30.4 Å². The van der Waals surface area contributed by atoms with Gasteiger partial charge < -0.3 is 20.8 Å². The SMILES string of the molecule is CNc1c(N)ccc2ccccc12.O=[PH](O)O. The van der Waals surface area contributed by atoms with Crippen LogP contribution in [0.1, 0.15) is 0 Å². The molecule has 6 heteroatoms. The van der Waals surface area contributed by atoms with Crippen molar-refractivity contribution in [3.63, 3.8) is 0 Å².